The fourth-order valence-corrected chi connectivity index (χ4v) is 6.19. The number of sulfone groups is 1. The van der Waals surface area contributed by atoms with Gasteiger partial charge in [0.25, 0.3) is 0 Å². The van der Waals surface area contributed by atoms with Gasteiger partial charge in [-0.3, -0.25) is 0 Å². The first-order valence-electron chi connectivity index (χ1n) is 6.70. The predicted molar refractivity (Wildman–Crippen MR) is 87.8 cm³/mol. The number of rotatable bonds is 5. The van der Waals surface area contributed by atoms with Crippen LogP contribution >= 0.6 is 11.6 Å². The zero-order valence-electron chi connectivity index (χ0n) is 12.4. The first-order chi connectivity index (χ1) is 10.7. The molecule has 1 aromatic rings. The van der Waals surface area contributed by atoms with Gasteiger partial charge < -0.3 is 4.74 Å². The van der Waals surface area contributed by atoms with E-state index in [1.165, 1.54) is 25.3 Å². The number of benzene rings is 1. The van der Waals surface area contributed by atoms with Gasteiger partial charge in [0, 0.05) is 6.04 Å². The molecular weight excluding hydrogens is 362 g/mol. The lowest BCUT2D eigenvalue weighted by atomic mass is 10.3. The van der Waals surface area contributed by atoms with Crippen LogP contribution in [0.3, 0.4) is 0 Å². The molecule has 0 aromatic heterocycles. The summed E-state index contributed by atoms with van der Waals surface area (Å²) >= 11 is 5.98. The largest absolute Gasteiger partial charge is 0.495 e. The molecule has 0 spiro atoms. The third-order valence-electron chi connectivity index (χ3n) is 3.59. The Morgan fingerprint density at radius 3 is 2.65 bits per heavy atom. The second kappa shape index (κ2) is 6.69. The van der Waals surface area contributed by atoms with Crippen LogP contribution in [0, 0.1) is 12.3 Å². The molecule has 23 heavy (non-hydrogen) atoms. The van der Waals surface area contributed by atoms with Crippen molar-refractivity contribution in [3.05, 3.63) is 23.2 Å². The Kier molecular flexibility index (Phi) is 5.26. The highest BCUT2D eigenvalue weighted by molar-refractivity contribution is 7.92. The summed E-state index contributed by atoms with van der Waals surface area (Å²) in [7, 11) is -5.78. The maximum atomic E-state index is 12.8. The van der Waals surface area contributed by atoms with E-state index < -0.39 is 25.9 Å². The molecular formula is C14H16ClNO5S2. The lowest BCUT2D eigenvalue weighted by Crippen LogP contribution is -2.41. The average Bonchev–Trinajstić information content (AvgIpc) is 2.84. The molecule has 0 unspecified atom stereocenters. The molecule has 0 amide bonds. The van der Waals surface area contributed by atoms with Crippen LogP contribution < -0.4 is 4.74 Å². The van der Waals surface area contributed by atoms with Crippen molar-refractivity contribution in [2.75, 3.05) is 25.2 Å². The molecule has 1 saturated heterocycles. The molecule has 2 rings (SSSR count). The van der Waals surface area contributed by atoms with E-state index in [4.69, 9.17) is 22.8 Å². The van der Waals surface area contributed by atoms with Crippen LogP contribution in [-0.2, 0) is 19.9 Å². The van der Waals surface area contributed by atoms with Crippen molar-refractivity contribution in [1.29, 1.82) is 0 Å². The maximum absolute atomic E-state index is 12.8. The molecule has 1 atom stereocenters. The van der Waals surface area contributed by atoms with E-state index >= 15 is 0 Å². The highest BCUT2D eigenvalue weighted by Crippen LogP contribution is 2.30. The number of hydrogen-bond acceptors (Lipinski definition) is 5. The fourth-order valence-electron chi connectivity index (χ4n) is 2.45. The zero-order valence-corrected chi connectivity index (χ0v) is 14.8. The first kappa shape index (κ1) is 18.1. The van der Waals surface area contributed by atoms with E-state index in [0.29, 0.717) is 5.75 Å². The van der Waals surface area contributed by atoms with Crippen LogP contribution in [0.15, 0.2) is 23.1 Å². The van der Waals surface area contributed by atoms with Gasteiger partial charge in [-0.25, -0.2) is 16.8 Å². The van der Waals surface area contributed by atoms with E-state index in [0.717, 1.165) is 4.31 Å². The number of halogens is 1. The second-order valence-electron chi connectivity index (χ2n) is 5.11. The van der Waals surface area contributed by atoms with Gasteiger partial charge in [-0.2, -0.15) is 4.31 Å². The van der Waals surface area contributed by atoms with Crippen molar-refractivity contribution < 1.29 is 21.6 Å². The molecule has 1 heterocycles. The number of hydrogen-bond donors (Lipinski definition) is 0. The topological polar surface area (TPSA) is 80.8 Å². The van der Waals surface area contributed by atoms with Gasteiger partial charge >= 0.3 is 0 Å². The van der Waals surface area contributed by atoms with Gasteiger partial charge in [-0.15, -0.1) is 6.42 Å². The summed E-state index contributed by atoms with van der Waals surface area (Å²) in [5.41, 5.74) is 0. The van der Waals surface area contributed by atoms with Crippen molar-refractivity contribution in [3.63, 3.8) is 0 Å². The molecule has 6 nitrogen and oxygen atoms in total. The van der Waals surface area contributed by atoms with Crippen LogP contribution in [0.5, 0.6) is 5.75 Å². The molecule has 1 aromatic carbocycles. The molecule has 9 heteroatoms. The Balaban J connectivity index is 2.42. The van der Waals surface area contributed by atoms with Gasteiger partial charge in [-0.05, 0) is 24.6 Å². The minimum atomic E-state index is -3.96. The van der Waals surface area contributed by atoms with Crippen LogP contribution in [-0.4, -0.2) is 52.3 Å². The molecule has 0 aliphatic carbocycles. The number of terminal acetylenes is 1. The average molecular weight is 378 g/mol. The number of sulfonamides is 1. The molecule has 1 aliphatic heterocycles. The lowest BCUT2D eigenvalue weighted by molar-refractivity contribution is 0.371. The fraction of sp³-hybridized carbons (Fsp3) is 0.429. The Hall–Kier alpha value is -1.27. The van der Waals surface area contributed by atoms with Crippen molar-refractivity contribution in [2.45, 2.75) is 17.4 Å². The molecule has 0 saturated carbocycles. The Morgan fingerprint density at radius 1 is 1.48 bits per heavy atom. The molecule has 0 N–H and O–H groups in total. The SMILES string of the molecule is C#CCN([C@@H]1CCS(=O)(=O)C1)S(=O)(=O)c1ccc(OC)c(Cl)c1. The van der Waals surface area contributed by atoms with Gasteiger partial charge in [-0.1, -0.05) is 17.5 Å². The normalized spacial score (nSPS) is 20.3. The summed E-state index contributed by atoms with van der Waals surface area (Å²) in [5.74, 6) is 2.36. The van der Waals surface area contributed by atoms with Crippen molar-refractivity contribution in [1.82, 2.24) is 4.31 Å². The first-order valence-corrected chi connectivity index (χ1v) is 10.3. The smallest absolute Gasteiger partial charge is 0.244 e. The van der Waals surface area contributed by atoms with E-state index in [9.17, 15) is 16.8 Å². The minimum Gasteiger partial charge on any atom is -0.495 e. The van der Waals surface area contributed by atoms with Gasteiger partial charge in [0.2, 0.25) is 10.0 Å². The highest BCUT2D eigenvalue weighted by Gasteiger charge is 2.38. The highest BCUT2D eigenvalue weighted by atomic mass is 35.5. The standard InChI is InChI=1S/C14H16ClNO5S2/c1-3-7-16(11-6-8-22(17,18)10-11)23(19,20)12-4-5-14(21-2)13(15)9-12/h1,4-5,9,11H,6-8,10H2,2H3/t11-/m1/s1. The summed E-state index contributed by atoms with van der Waals surface area (Å²) in [5, 5.41) is 0.147. The van der Waals surface area contributed by atoms with Crippen LogP contribution in [0.4, 0.5) is 0 Å². The van der Waals surface area contributed by atoms with E-state index in [2.05, 4.69) is 5.92 Å². The summed E-state index contributed by atoms with van der Waals surface area (Å²) in [4.78, 5) is -0.0529. The van der Waals surface area contributed by atoms with E-state index in [1.54, 1.807) is 0 Å². The molecule has 1 fully saturated rings. The minimum absolute atomic E-state index is 0.0440. The Morgan fingerprint density at radius 2 is 2.17 bits per heavy atom. The lowest BCUT2D eigenvalue weighted by Gasteiger charge is -2.25. The summed E-state index contributed by atoms with van der Waals surface area (Å²) in [6, 6.07) is 3.40. The quantitative estimate of drug-likeness (QED) is 0.719. The maximum Gasteiger partial charge on any atom is 0.244 e. The molecule has 0 bridgehead atoms. The molecule has 1 aliphatic rings. The van der Waals surface area contributed by atoms with Gasteiger partial charge in [0.05, 0.1) is 35.1 Å². The van der Waals surface area contributed by atoms with Gasteiger partial charge in [0.15, 0.2) is 9.84 Å². The number of nitrogens with zero attached hydrogens (tertiary/aromatic N) is 1. The van der Waals surface area contributed by atoms with Crippen LogP contribution in [0.2, 0.25) is 5.02 Å². The van der Waals surface area contributed by atoms with Crippen molar-refractivity contribution in [3.8, 4) is 18.1 Å². The van der Waals surface area contributed by atoms with Crippen molar-refractivity contribution in [2.24, 2.45) is 0 Å². The second-order valence-corrected chi connectivity index (χ2v) is 9.63. The van der Waals surface area contributed by atoms with E-state index in [1.807, 2.05) is 0 Å². The Labute approximate surface area is 141 Å². The van der Waals surface area contributed by atoms with E-state index in [-0.39, 0.29) is 34.4 Å². The van der Waals surface area contributed by atoms with Crippen LogP contribution in [0.25, 0.3) is 0 Å². The monoisotopic (exact) mass is 377 g/mol. The molecule has 126 valence electrons. The Bertz CT molecular complexity index is 842. The number of ether oxygens (including phenoxy) is 1. The van der Waals surface area contributed by atoms with Crippen LogP contribution in [0.1, 0.15) is 6.42 Å². The third-order valence-corrected chi connectivity index (χ3v) is 7.53. The predicted octanol–water partition coefficient (Wildman–Crippen LogP) is 1.16. The summed E-state index contributed by atoms with van der Waals surface area (Å²) in [6.07, 6.45) is 5.49. The summed E-state index contributed by atoms with van der Waals surface area (Å²) in [6.45, 7) is -0.202. The van der Waals surface area contributed by atoms with Gasteiger partial charge in [0.1, 0.15) is 5.75 Å². The molecule has 0 radical (unpaired) electrons. The summed E-state index contributed by atoms with van der Waals surface area (Å²) < 4.78 is 54.9. The van der Waals surface area contributed by atoms with Crippen molar-refractivity contribution >= 4 is 31.5 Å². The third kappa shape index (κ3) is 3.80. The zero-order chi connectivity index (χ0) is 17.3. The number of methoxy groups -OCH3 is 1.